The van der Waals surface area contributed by atoms with Crippen LogP contribution in [0.4, 0.5) is 11.4 Å². The number of amides is 2. The predicted molar refractivity (Wildman–Crippen MR) is 141 cm³/mol. The molecule has 2 aromatic rings. The molecular weight excluding hydrogens is 496 g/mol. The lowest BCUT2D eigenvalue weighted by Gasteiger charge is -2.32. The van der Waals surface area contributed by atoms with Gasteiger partial charge < -0.3 is 19.5 Å². The number of carbonyl (C=O) groups excluding carboxylic acids is 2. The third kappa shape index (κ3) is 3.90. The number of hydrogen-bond acceptors (Lipinski definition) is 5. The average Bonchev–Trinajstić information content (AvgIpc) is 3.49. The number of nitrogens with zero attached hydrogens (tertiary/aromatic N) is 2. The van der Waals surface area contributed by atoms with E-state index in [1.807, 2.05) is 56.4 Å². The SMILES string of the molecule is C[C@H]1[C@H]([Si](C)(C)O)[C@@H](CC(=O)N2CCC[C@H]2CO)O[C@]12C(=O)N(c1ccccc1)c1ccc(Cl)cc12. The number of para-hydroxylation sites is 1. The molecule has 5 rings (SSSR count). The third-order valence-corrected chi connectivity index (χ3v) is 10.9. The number of aliphatic hydroxyl groups is 1. The number of fused-ring (bicyclic) bond motifs is 2. The maximum absolute atomic E-state index is 14.3. The van der Waals surface area contributed by atoms with Gasteiger partial charge in [0.05, 0.1) is 30.9 Å². The van der Waals surface area contributed by atoms with Crippen LogP contribution in [0.2, 0.25) is 23.7 Å². The van der Waals surface area contributed by atoms with Gasteiger partial charge in [0.1, 0.15) is 0 Å². The van der Waals surface area contributed by atoms with Gasteiger partial charge in [-0.25, -0.2) is 0 Å². The van der Waals surface area contributed by atoms with Crippen LogP contribution < -0.4 is 4.90 Å². The van der Waals surface area contributed by atoms with Crippen molar-refractivity contribution >= 4 is 43.1 Å². The van der Waals surface area contributed by atoms with Crippen molar-refractivity contribution in [3.05, 3.63) is 59.1 Å². The number of benzene rings is 2. The molecule has 9 heteroatoms. The maximum Gasteiger partial charge on any atom is 0.268 e. The number of carbonyl (C=O) groups is 2. The summed E-state index contributed by atoms with van der Waals surface area (Å²) in [5.74, 6) is -0.723. The smallest absolute Gasteiger partial charge is 0.268 e. The van der Waals surface area contributed by atoms with Crippen LogP contribution in [0.15, 0.2) is 48.5 Å². The Bertz CT molecular complexity index is 1170. The van der Waals surface area contributed by atoms with Gasteiger partial charge in [-0.15, -0.1) is 0 Å². The Morgan fingerprint density at radius 3 is 2.61 bits per heavy atom. The van der Waals surface area contributed by atoms with Crippen molar-refractivity contribution in [2.75, 3.05) is 18.1 Å². The molecule has 2 saturated heterocycles. The summed E-state index contributed by atoms with van der Waals surface area (Å²) in [7, 11) is -2.89. The molecule has 3 aliphatic rings. The van der Waals surface area contributed by atoms with Crippen molar-refractivity contribution < 1.29 is 24.2 Å². The highest BCUT2D eigenvalue weighted by atomic mass is 35.5. The van der Waals surface area contributed by atoms with Gasteiger partial charge in [-0.1, -0.05) is 36.7 Å². The highest BCUT2D eigenvalue weighted by Crippen LogP contribution is 2.61. The van der Waals surface area contributed by atoms with Crippen LogP contribution in [0.1, 0.15) is 31.7 Å². The van der Waals surface area contributed by atoms with E-state index < -0.39 is 20.0 Å². The van der Waals surface area contributed by atoms with Crippen LogP contribution in [0.3, 0.4) is 0 Å². The largest absolute Gasteiger partial charge is 0.432 e. The van der Waals surface area contributed by atoms with Gasteiger partial charge in [-0.3, -0.25) is 14.5 Å². The van der Waals surface area contributed by atoms with E-state index in [9.17, 15) is 19.5 Å². The topological polar surface area (TPSA) is 90.3 Å². The van der Waals surface area contributed by atoms with Crippen molar-refractivity contribution in [3.8, 4) is 0 Å². The quantitative estimate of drug-likeness (QED) is 0.568. The average molecular weight is 529 g/mol. The van der Waals surface area contributed by atoms with Gasteiger partial charge in [0.25, 0.3) is 5.91 Å². The molecular formula is C27H33ClN2O5Si. The Morgan fingerprint density at radius 1 is 1.22 bits per heavy atom. The molecule has 0 aliphatic carbocycles. The molecule has 0 saturated carbocycles. The number of ether oxygens (including phenoxy) is 1. The lowest BCUT2D eigenvalue weighted by molar-refractivity contribution is -0.149. The van der Waals surface area contributed by atoms with Gasteiger partial charge >= 0.3 is 0 Å². The minimum absolute atomic E-state index is 0.0543. The van der Waals surface area contributed by atoms with Gasteiger partial charge in [-0.2, -0.15) is 0 Å². The summed E-state index contributed by atoms with van der Waals surface area (Å²) < 4.78 is 6.72. The molecule has 0 radical (unpaired) electrons. The molecule has 1 spiro atoms. The Kier molecular flexibility index (Phi) is 6.54. The molecule has 0 bridgehead atoms. The van der Waals surface area contributed by atoms with Gasteiger partial charge in [0, 0.05) is 34.3 Å². The monoisotopic (exact) mass is 528 g/mol. The van der Waals surface area contributed by atoms with E-state index in [2.05, 4.69) is 0 Å². The summed E-state index contributed by atoms with van der Waals surface area (Å²) in [5, 5.41) is 10.2. The zero-order valence-electron chi connectivity index (χ0n) is 20.9. The second-order valence-electron chi connectivity index (χ2n) is 10.8. The van der Waals surface area contributed by atoms with E-state index in [-0.39, 0.29) is 42.3 Å². The zero-order chi connectivity index (χ0) is 25.8. The third-order valence-electron chi connectivity index (χ3n) is 8.15. The van der Waals surface area contributed by atoms with Crippen molar-refractivity contribution in [2.45, 2.75) is 62.6 Å². The highest BCUT2D eigenvalue weighted by molar-refractivity contribution is 6.71. The van der Waals surface area contributed by atoms with Gasteiger partial charge in [-0.05, 0) is 56.3 Å². The molecule has 2 fully saturated rings. The minimum atomic E-state index is -2.89. The second kappa shape index (κ2) is 9.26. The molecule has 192 valence electrons. The number of aliphatic hydroxyl groups excluding tert-OH is 1. The summed E-state index contributed by atoms with van der Waals surface area (Å²) in [6, 6.07) is 14.6. The summed E-state index contributed by atoms with van der Waals surface area (Å²) in [6.45, 7) is 6.16. The molecule has 7 nitrogen and oxygen atoms in total. The van der Waals surface area contributed by atoms with Crippen molar-refractivity contribution in [1.29, 1.82) is 0 Å². The lowest BCUT2D eigenvalue weighted by atomic mass is 9.82. The Labute approximate surface area is 217 Å². The normalized spacial score (nSPS) is 29.9. The molecule has 2 N–H and O–H groups in total. The number of anilines is 2. The van der Waals surface area contributed by atoms with Crippen LogP contribution in [0.25, 0.3) is 0 Å². The number of hydrogen-bond donors (Lipinski definition) is 2. The molecule has 3 heterocycles. The summed E-state index contributed by atoms with van der Waals surface area (Å²) >= 11 is 6.43. The van der Waals surface area contributed by atoms with E-state index in [0.717, 1.165) is 18.5 Å². The van der Waals surface area contributed by atoms with Crippen LogP contribution in [-0.4, -0.2) is 60.2 Å². The Balaban J connectivity index is 1.58. The van der Waals surface area contributed by atoms with Crippen molar-refractivity contribution in [3.63, 3.8) is 0 Å². The van der Waals surface area contributed by atoms with E-state index in [0.29, 0.717) is 22.8 Å². The standard InChI is InChI=1S/C27H33ClN2O5Si/c1-17-25(36(2,3)34)23(15-24(32)29-13-7-10-20(29)16-31)35-27(17)21-14-18(28)11-12-22(21)30(26(27)33)19-8-5-4-6-9-19/h4-6,8-9,11-12,14,17,20,23,25,31,34H,7,10,13,15-16H2,1-3H3/t17-,20-,23+,25-,27+/m0/s1. The van der Waals surface area contributed by atoms with E-state index in [4.69, 9.17) is 16.3 Å². The van der Waals surface area contributed by atoms with E-state index in [1.165, 1.54) is 0 Å². The number of likely N-dealkylation sites (tertiary alicyclic amines) is 1. The van der Waals surface area contributed by atoms with Crippen molar-refractivity contribution in [2.24, 2.45) is 5.92 Å². The predicted octanol–water partition coefficient (Wildman–Crippen LogP) is 4.19. The molecule has 0 aromatic heterocycles. The number of halogens is 1. The minimum Gasteiger partial charge on any atom is -0.432 e. The van der Waals surface area contributed by atoms with Crippen LogP contribution in [0.5, 0.6) is 0 Å². The maximum atomic E-state index is 14.3. The van der Waals surface area contributed by atoms with E-state index >= 15 is 0 Å². The fourth-order valence-corrected chi connectivity index (χ4v) is 9.38. The van der Waals surface area contributed by atoms with Crippen LogP contribution in [0, 0.1) is 5.92 Å². The fraction of sp³-hybridized carbons (Fsp3) is 0.481. The molecule has 0 unspecified atom stereocenters. The molecule has 36 heavy (non-hydrogen) atoms. The second-order valence-corrected chi connectivity index (χ2v) is 15.2. The fourth-order valence-electron chi connectivity index (χ4n) is 6.65. The summed E-state index contributed by atoms with van der Waals surface area (Å²) in [4.78, 5) is 42.5. The van der Waals surface area contributed by atoms with Gasteiger partial charge in [0.2, 0.25) is 5.91 Å². The Hall–Kier alpha value is -2.23. The molecule has 5 atom stereocenters. The molecule has 2 amide bonds. The zero-order valence-corrected chi connectivity index (χ0v) is 22.6. The molecule has 3 aliphatic heterocycles. The van der Waals surface area contributed by atoms with Crippen LogP contribution >= 0.6 is 11.6 Å². The highest BCUT2D eigenvalue weighted by Gasteiger charge is 2.66. The van der Waals surface area contributed by atoms with Gasteiger partial charge in [0.15, 0.2) is 13.9 Å². The number of rotatable bonds is 5. The van der Waals surface area contributed by atoms with E-state index in [1.54, 1.807) is 21.9 Å². The Morgan fingerprint density at radius 2 is 1.94 bits per heavy atom. The first-order chi connectivity index (χ1) is 17.1. The van der Waals surface area contributed by atoms with Crippen molar-refractivity contribution in [1.82, 2.24) is 4.90 Å². The summed E-state index contributed by atoms with van der Waals surface area (Å²) in [5.41, 5.74) is 0.371. The first kappa shape index (κ1) is 25.4. The summed E-state index contributed by atoms with van der Waals surface area (Å²) in [6.07, 6.45) is 1.04. The first-order valence-corrected chi connectivity index (χ1v) is 16.0. The first-order valence-electron chi connectivity index (χ1n) is 12.6. The lowest BCUT2D eigenvalue weighted by Crippen LogP contribution is -2.45. The molecule has 2 aromatic carbocycles. The van der Waals surface area contributed by atoms with Crippen LogP contribution in [-0.2, 0) is 19.9 Å².